The fourth-order valence-corrected chi connectivity index (χ4v) is 3.67. The number of aryl methyl sites for hydroxylation is 2. The van der Waals surface area contributed by atoms with Crippen LogP contribution in [0.1, 0.15) is 28.9 Å². The number of hydrogen-bond acceptors (Lipinski definition) is 3. The molecule has 2 saturated heterocycles. The summed E-state index contributed by atoms with van der Waals surface area (Å²) >= 11 is 0. The van der Waals surface area contributed by atoms with Crippen molar-refractivity contribution in [3.63, 3.8) is 0 Å². The molecular weight excluding hydrogens is 292 g/mol. The van der Waals surface area contributed by atoms with Gasteiger partial charge in [-0.1, -0.05) is 11.6 Å². The SMILES string of the molecule is Cc1ccc2c(c1)cc(C(=O)N1CCC3(CC1)OCCO3)n2C. The molecule has 1 aromatic carbocycles. The van der Waals surface area contributed by atoms with Gasteiger partial charge in [0.1, 0.15) is 5.69 Å². The van der Waals surface area contributed by atoms with Crippen molar-refractivity contribution in [1.82, 2.24) is 9.47 Å². The molecule has 2 aliphatic rings. The van der Waals surface area contributed by atoms with E-state index in [2.05, 4.69) is 25.1 Å². The van der Waals surface area contributed by atoms with Crippen molar-refractivity contribution in [3.8, 4) is 0 Å². The van der Waals surface area contributed by atoms with Gasteiger partial charge in [0.25, 0.3) is 5.91 Å². The molecule has 0 aliphatic carbocycles. The molecule has 23 heavy (non-hydrogen) atoms. The van der Waals surface area contributed by atoms with Crippen LogP contribution in [-0.4, -0.2) is 47.5 Å². The first-order chi connectivity index (χ1) is 11.1. The molecule has 0 atom stereocenters. The first-order valence-corrected chi connectivity index (χ1v) is 8.21. The van der Waals surface area contributed by atoms with Crippen molar-refractivity contribution in [2.75, 3.05) is 26.3 Å². The van der Waals surface area contributed by atoms with Crippen molar-refractivity contribution >= 4 is 16.8 Å². The zero-order valence-corrected chi connectivity index (χ0v) is 13.7. The Morgan fingerprint density at radius 2 is 1.83 bits per heavy atom. The lowest BCUT2D eigenvalue weighted by Crippen LogP contribution is -2.47. The van der Waals surface area contributed by atoms with E-state index in [0.29, 0.717) is 26.3 Å². The average molecular weight is 314 g/mol. The van der Waals surface area contributed by atoms with Gasteiger partial charge in [-0.15, -0.1) is 0 Å². The summed E-state index contributed by atoms with van der Waals surface area (Å²) < 4.78 is 13.5. The van der Waals surface area contributed by atoms with Crippen molar-refractivity contribution in [2.45, 2.75) is 25.6 Å². The number of nitrogens with zero attached hydrogens (tertiary/aromatic N) is 2. The molecule has 0 bridgehead atoms. The first kappa shape index (κ1) is 14.7. The third-order valence-corrected chi connectivity index (χ3v) is 5.04. The minimum Gasteiger partial charge on any atom is -0.347 e. The molecule has 4 rings (SSSR count). The zero-order valence-electron chi connectivity index (χ0n) is 13.7. The number of benzene rings is 1. The zero-order chi connectivity index (χ0) is 16.0. The van der Waals surface area contributed by atoms with Crippen LogP contribution in [0.2, 0.25) is 0 Å². The molecule has 5 nitrogen and oxygen atoms in total. The summed E-state index contributed by atoms with van der Waals surface area (Å²) in [5.74, 6) is -0.346. The molecule has 2 fully saturated rings. The number of hydrogen-bond donors (Lipinski definition) is 0. The van der Waals surface area contributed by atoms with Crippen LogP contribution in [0.5, 0.6) is 0 Å². The predicted octanol–water partition coefficient (Wildman–Crippen LogP) is 2.47. The van der Waals surface area contributed by atoms with Gasteiger partial charge in [-0.2, -0.15) is 0 Å². The predicted molar refractivity (Wildman–Crippen MR) is 87.4 cm³/mol. The van der Waals surface area contributed by atoms with E-state index in [4.69, 9.17) is 9.47 Å². The van der Waals surface area contributed by atoms with Crippen molar-refractivity contribution in [3.05, 3.63) is 35.5 Å². The number of aromatic nitrogens is 1. The van der Waals surface area contributed by atoms with Crippen LogP contribution in [0.25, 0.3) is 10.9 Å². The van der Waals surface area contributed by atoms with Gasteiger partial charge in [-0.3, -0.25) is 4.79 Å². The molecule has 0 saturated carbocycles. The third-order valence-electron chi connectivity index (χ3n) is 5.04. The Morgan fingerprint density at radius 1 is 1.13 bits per heavy atom. The van der Waals surface area contributed by atoms with Crippen LogP contribution in [0, 0.1) is 6.92 Å². The molecule has 0 unspecified atom stereocenters. The smallest absolute Gasteiger partial charge is 0.270 e. The fourth-order valence-electron chi connectivity index (χ4n) is 3.67. The molecule has 0 N–H and O–H groups in total. The summed E-state index contributed by atoms with van der Waals surface area (Å²) in [6.07, 6.45) is 1.50. The monoisotopic (exact) mass is 314 g/mol. The van der Waals surface area contributed by atoms with Crippen LogP contribution in [0.3, 0.4) is 0 Å². The van der Waals surface area contributed by atoms with Crippen LogP contribution in [0.4, 0.5) is 0 Å². The number of likely N-dealkylation sites (tertiary alicyclic amines) is 1. The number of carbonyl (C=O) groups is 1. The second-order valence-electron chi connectivity index (χ2n) is 6.55. The lowest BCUT2D eigenvalue weighted by Gasteiger charge is -2.37. The molecule has 1 aromatic heterocycles. The van der Waals surface area contributed by atoms with Crippen LogP contribution < -0.4 is 0 Å². The Bertz CT molecular complexity index is 749. The highest BCUT2D eigenvalue weighted by molar-refractivity contribution is 5.98. The third kappa shape index (κ3) is 2.44. The number of fused-ring (bicyclic) bond motifs is 1. The molecule has 3 heterocycles. The van der Waals surface area contributed by atoms with E-state index in [1.807, 2.05) is 22.6 Å². The van der Waals surface area contributed by atoms with Crippen LogP contribution >= 0.6 is 0 Å². The highest BCUT2D eigenvalue weighted by Crippen LogP contribution is 2.32. The number of ether oxygens (including phenoxy) is 2. The summed E-state index contributed by atoms with van der Waals surface area (Å²) in [6, 6.07) is 8.28. The van der Waals surface area contributed by atoms with E-state index in [9.17, 15) is 4.79 Å². The molecule has 1 amide bonds. The van der Waals surface area contributed by atoms with E-state index in [1.54, 1.807) is 0 Å². The van der Waals surface area contributed by atoms with Crippen LogP contribution in [-0.2, 0) is 16.5 Å². The maximum absolute atomic E-state index is 12.9. The first-order valence-electron chi connectivity index (χ1n) is 8.21. The standard InChI is InChI=1S/C18H22N2O3/c1-13-3-4-15-14(11-13)12-16(19(15)2)17(21)20-7-5-18(6-8-20)22-9-10-23-18/h3-4,11-12H,5-10H2,1-2H3. The molecule has 122 valence electrons. The largest absolute Gasteiger partial charge is 0.347 e. The lowest BCUT2D eigenvalue weighted by atomic mass is 10.0. The summed E-state index contributed by atoms with van der Waals surface area (Å²) in [6.45, 7) is 4.76. The minimum atomic E-state index is -0.438. The summed E-state index contributed by atoms with van der Waals surface area (Å²) in [4.78, 5) is 14.8. The maximum atomic E-state index is 12.9. The summed E-state index contributed by atoms with van der Waals surface area (Å²) in [5.41, 5.74) is 3.04. The van der Waals surface area contributed by atoms with E-state index < -0.39 is 5.79 Å². The molecule has 0 radical (unpaired) electrons. The Balaban J connectivity index is 1.56. The highest BCUT2D eigenvalue weighted by Gasteiger charge is 2.41. The van der Waals surface area contributed by atoms with Gasteiger partial charge in [-0.25, -0.2) is 0 Å². The van der Waals surface area contributed by atoms with Gasteiger partial charge >= 0.3 is 0 Å². The van der Waals surface area contributed by atoms with Crippen molar-refractivity contribution in [1.29, 1.82) is 0 Å². The summed E-state index contributed by atoms with van der Waals surface area (Å²) in [7, 11) is 1.96. The maximum Gasteiger partial charge on any atom is 0.270 e. The Labute approximate surface area is 135 Å². The van der Waals surface area contributed by atoms with E-state index in [0.717, 1.165) is 29.4 Å². The van der Waals surface area contributed by atoms with Gasteiger partial charge in [0.05, 0.1) is 13.2 Å². The van der Waals surface area contributed by atoms with Crippen molar-refractivity contribution in [2.24, 2.45) is 7.05 Å². The molecule has 1 spiro atoms. The molecular formula is C18H22N2O3. The van der Waals surface area contributed by atoms with Crippen LogP contribution in [0.15, 0.2) is 24.3 Å². The molecule has 2 aliphatic heterocycles. The highest BCUT2D eigenvalue weighted by atomic mass is 16.7. The fraction of sp³-hybridized carbons (Fsp3) is 0.500. The van der Waals surface area contributed by atoms with Gasteiger partial charge in [-0.05, 0) is 25.1 Å². The normalized spacial score (nSPS) is 20.5. The Kier molecular flexibility index (Phi) is 3.43. The summed E-state index contributed by atoms with van der Waals surface area (Å²) in [5, 5.41) is 1.12. The van der Waals surface area contributed by atoms with Gasteiger partial charge in [0.2, 0.25) is 0 Å². The Morgan fingerprint density at radius 3 is 2.52 bits per heavy atom. The van der Waals surface area contributed by atoms with Gasteiger partial charge < -0.3 is 18.9 Å². The quantitative estimate of drug-likeness (QED) is 0.812. The second-order valence-corrected chi connectivity index (χ2v) is 6.55. The number of amides is 1. The van der Waals surface area contributed by atoms with E-state index >= 15 is 0 Å². The van der Waals surface area contributed by atoms with E-state index in [1.165, 1.54) is 5.56 Å². The Hall–Kier alpha value is -1.85. The second kappa shape index (κ2) is 5.35. The van der Waals surface area contributed by atoms with Gasteiger partial charge in [0, 0.05) is 43.9 Å². The average Bonchev–Trinajstić information content (AvgIpc) is 3.13. The molecule has 2 aromatic rings. The lowest BCUT2D eigenvalue weighted by molar-refractivity contribution is -0.181. The van der Waals surface area contributed by atoms with Gasteiger partial charge in [0.15, 0.2) is 5.79 Å². The van der Waals surface area contributed by atoms with E-state index in [-0.39, 0.29) is 5.91 Å². The minimum absolute atomic E-state index is 0.0919. The molecule has 5 heteroatoms. The number of piperidine rings is 1. The number of carbonyl (C=O) groups excluding carboxylic acids is 1. The van der Waals surface area contributed by atoms with Crippen molar-refractivity contribution < 1.29 is 14.3 Å². The topological polar surface area (TPSA) is 43.7 Å². The number of rotatable bonds is 1.